The van der Waals surface area contributed by atoms with Crippen molar-refractivity contribution in [1.29, 1.82) is 5.26 Å². The van der Waals surface area contributed by atoms with Crippen molar-refractivity contribution < 1.29 is 4.79 Å². The van der Waals surface area contributed by atoms with E-state index in [2.05, 4.69) is 26.3 Å². The fourth-order valence-electron chi connectivity index (χ4n) is 1.79. The Bertz CT molecular complexity index is 842. The molecule has 3 rings (SSSR count). The molecule has 0 unspecified atom stereocenters. The van der Waals surface area contributed by atoms with Crippen LogP contribution in [0.15, 0.2) is 24.1 Å². The lowest BCUT2D eigenvalue weighted by Gasteiger charge is -2.00. The van der Waals surface area contributed by atoms with Crippen molar-refractivity contribution in [2.75, 3.05) is 5.32 Å². The quantitative estimate of drug-likeness (QED) is 0.796. The van der Waals surface area contributed by atoms with Crippen molar-refractivity contribution >= 4 is 33.8 Å². The van der Waals surface area contributed by atoms with Gasteiger partial charge < -0.3 is 0 Å². The zero-order valence-electron chi connectivity index (χ0n) is 11.5. The summed E-state index contributed by atoms with van der Waals surface area (Å²) in [6, 6.07) is 1.76. The van der Waals surface area contributed by atoms with Gasteiger partial charge in [0.15, 0.2) is 5.13 Å². The first-order valence-corrected chi connectivity index (χ1v) is 7.95. The maximum atomic E-state index is 12.0. The van der Waals surface area contributed by atoms with Gasteiger partial charge in [-0.05, 0) is 6.92 Å². The number of aryl methyl sites for hydroxylation is 1. The molecule has 0 fully saturated rings. The molecule has 3 aromatic heterocycles. The molecule has 22 heavy (non-hydrogen) atoms. The van der Waals surface area contributed by atoms with E-state index in [1.807, 2.05) is 12.3 Å². The molecule has 9 heteroatoms. The molecule has 7 nitrogen and oxygen atoms in total. The molecule has 0 atom stereocenters. The van der Waals surface area contributed by atoms with Gasteiger partial charge in [0.25, 0.3) is 0 Å². The van der Waals surface area contributed by atoms with E-state index in [0.717, 1.165) is 21.3 Å². The fraction of sp³-hybridized carbons (Fsp3) is 0.154. The second kappa shape index (κ2) is 6.05. The number of rotatable bonds is 3. The Hall–Kier alpha value is -2.57. The maximum Gasteiger partial charge on any atom is 0.333 e. The molecule has 0 aliphatic carbocycles. The molecule has 0 aromatic carbocycles. The number of nitrogens with zero attached hydrogens (tertiary/aromatic N) is 5. The molecule has 0 bridgehead atoms. The Morgan fingerprint density at radius 1 is 1.50 bits per heavy atom. The zero-order valence-corrected chi connectivity index (χ0v) is 13.1. The summed E-state index contributed by atoms with van der Waals surface area (Å²) in [6.45, 7) is 1.86. The summed E-state index contributed by atoms with van der Waals surface area (Å²) < 4.78 is 1.34. The molecule has 110 valence electrons. The van der Waals surface area contributed by atoms with Crippen LogP contribution in [0.2, 0.25) is 0 Å². The van der Waals surface area contributed by atoms with Crippen LogP contribution in [0, 0.1) is 18.3 Å². The van der Waals surface area contributed by atoms with Crippen LogP contribution in [-0.2, 0) is 6.42 Å². The summed E-state index contributed by atoms with van der Waals surface area (Å²) in [5, 5.41) is 14.6. The van der Waals surface area contributed by atoms with E-state index in [9.17, 15) is 4.79 Å². The zero-order chi connectivity index (χ0) is 15.5. The third-order valence-electron chi connectivity index (χ3n) is 2.76. The van der Waals surface area contributed by atoms with Gasteiger partial charge in [-0.1, -0.05) is 11.3 Å². The fourth-order valence-corrected chi connectivity index (χ4v) is 3.50. The number of carbonyl (C=O) groups excluding carboxylic acids is 1. The lowest BCUT2D eigenvalue weighted by molar-refractivity contribution is 0.253. The first-order chi connectivity index (χ1) is 10.7. The molecular formula is C13H10N6OS2. The number of amides is 1. The Balaban J connectivity index is 1.81. The van der Waals surface area contributed by atoms with Crippen LogP contribution in [0.5, 0.6) is 0 Å². The molecule has 3 heterocycles. The molecule has 3 aromatic rings. The van der Waals surface area contributed by atoms with E-state index >= 15 is 0 Å². The number of hydrogen-bond acceptors (Lipinski definition) is 7. The third-order valence-corrected chi connectivity index (χ3v) is 4.71. The van der Waals surface area contributed by atoms with Gasteiger partial charge in [0.2, 0.25) is 0 Å². The largest absolute Gasteiger partial charge is 0.333 e. The molecule has 0 radical (unpaired) electrons. The van der Waals surface area contributed by atoms with E-state index in [4.69, 9.17) is 5.26 Å². The highest BCUT2D eigenvalue weighted by Crippen LogP contribution is 2.33. The van der Waals surface area contributed by atoms with Crippen molar-refractivity contribution in [3.8, 4) is 16.6 Å². The highest BCUT2D eigenvalue weighted by atomic mass is 32.1. The molecular weight excluding hydrogens is 320 g/mol. The monoisotopic (exact) mass is 330 g/mol. The minimum atomic E-state index is -0.318. The minimum absolute atomic E-state index is 0.298. The van der Waals surface area contributed by atoms with Crippen molar-refractivity contribution in [3.05, 3.63) is 34.8 Å². The second-order valence-electron chi connectivity index (χ2n) is 4.30. The van der Waals surface area contributed by atoms with E-state index in [1.54, 1.807) is 6.20 Å². The van der Waals surface area contributed by atoms with E-state index < -0.39 is 0 Å². The molecule has 0 aliphatic rings. The smallest absolute Gasteiger partial charge is 0.283 e. The van der Waals surface area contributed by atoms with Gasteiger partial charge in [-0.3, -0.25) is 9.88 Å². The van der Waals surface area contributed by atoms with Crippen molar-refractivity contribution in [3.63, 3.8) is 0 Å². The van der Waals surface area contributed by atoms with E-state index in [-0.39, 0.29) is 6.03 Å². The second-order valence-corrected chi connectivity index (χ2v) is 6.24. The molecule has 0 aliphatic heterocycles. The van der Waals surface area contributed by atoms with Gasteiger partial charge >= 0.3 is 6.03 Å². The molecule has 1 N–H and O–H groups in total. The maximum absolute atomic E-state index is 12.0. The van der Waals surface area contributed by atoms with Gasteiger partial charge in [-0.15, -0.1) is 11.3 Å². The van der Waals surface area contributed by atoms with Crippen molar-refractivity contribution in [1.82, 2.24) is 19.5 Å². The summed E-state index contributed by atoms with van der Waals surface area (Å²) in [4.78, 5) is 25.4. The van der Waals surface area contributed by atoms with Crippen LogP contribution in [0.3, 0.4) is 0 Å². The average molecular weight is 330 g/mol. The third kappa shape index (κ3) is 2.88. The summed E-state index contributed by atoms with van der Waals surface area (Å²) in [7, 11) is 0. The van der Waals surface area contributed by atoms with Gasteiger partial charge in [0.05, 0.1) is 28.8 Å². The Kier molecular flexibility index (Phi) is 3.95. The number of aromatic nitrogens is 4. The average Bonchev–Trinajstić information content (AvgIpc) is 3.20. The van der Waals surface area contributed by atoms with Crippen LogP contribution < -0.4 is 5.32 Å². The highest BCUT2D eigenvalue weighted by Gasteiger charge is 2.15. The number of anilines is 1. The Labute approximate surface area is 133 Å². The number of hydrogen-bond donors (Lipinski definition) is 1. The van der Waals surface area contributed by atoms with Gasteiger partial charge in [-0.2, -0.15) is 5.26 Å². The number of imidazole rings is 1. The van der Waals surface area contributed by atoms with E-state index in [1.165, 1.54) is 39.8 Å². The standard InChI is InChI=1S/C13H10N6OS2/c1-8-11(9-6-21-10(17-9)2-3-14)22-12(16-8)18-13(20)19-5-4-15-7-19/h4-7H,2H2,1H3,(H,16,18,20). The first-order valence-electron chi connectivity index (χ1n) is 6.26. The van der Waals surface area contributed by atoms with E-state index in [0.29, 0.717) is 11.6 Å². The number of nitrogens with one attached hydrogen (secondary N) is 1. The van der Waals surface area contributed by atoms with Crippen LogP contribution in [0.1, 0.15) is 10.7 Å². The van der Waals surface area contributed by atoms with Gasteiger partial charge in [-0.25, -0.2) is 19.7 Å². The predicted octanol–water partition coefficient (Wildman–Crippen LogP) is 2.92. The van der Waals surface area contributed by atoms with Crippen molar-refractivity contribution in [2.24, 2.45) is 0 Å². The van der Waals surface area contributed by atoms with Crippen LogP contribution in [-0.4, -0.2) is 25.6 Å². The van der Waals surface area contributed by atoms with Crippen LogP contribution in [0.25, 0.3) is 10.6 Å². The lowest BCUT2D eigenvalue weighted by atomic mass is 10.3. The van der Waals surface area contributed by atoms with Gasteiger partial charge in [0.1, 0.15) is 11.3 Å². The summed E-state index contributed by atoms with van der Waals surface area (Å²) in [5.41, 5.74) is 1.58. The normalized spacial score (nSPS) is 10.4. The Morgan fingerprint density at radius 3 is 3.09 bits per heavy atom. The summed E-state index contributed by atoms with van der Waals surface area (Å²) in [5.74, 6) is 0. The number of nitriles is 1. The van der Waals surface area contributed by atoms with Crippen LogP contribution >= 0.6 is 22.7 Å². The van der Waals surface area contributed by atoms with Gasteiger partial charge in [0, 0.05) is 17.8 Å². The molecule has 1 amide bonds. The molecule has 0 saturated heterocycles. The first kappa shape index (κ1) is 14.4. The SMILES string of the molecule is Cc1nc(NC(=O)n2ccnc2)sc1-c1csc(CC#N)n1. The van der Waals surface area contributed by atoms with Crippen LogP contribution in [0.4, 0.5) is 9.93 Å². The van der Waals surface area contributed by atoms with Crippen molar-refractivity contribution in [2.45, 2.75) is 13.3 Å². The number of carbonyl (C=O) groups is 1. The number of thiazole rings is 2. The lowest BCUT2D eigenvalue weighted by Crippen LogP contribution is -2.17. The predicted molar refractivity (Wildman–Crippen MR) is 83.9 cm³/mol. The Morgan fingerprint density at radius 2 is 2.36 bits per heavy atom. The highest BCUT2D eigenvalue weighted by molar-refractivity contribution is 7.19. The minimum Gasteiger partial charge on any atom is -0.283 e. The topological polar surface area (TPSA) is 96.5 Å². The molecule has 0 saturated carbocycles. The summed E-state index contributed by atoms with van der Waals surface area (Å²) >= 11 is 2.80. The summed E-state index contributed by atoms with van der Waals surface area (Å²) in [6.07, 6.45) is 4.81. The molecule has 0 spiro atoms.